The van der Waals surface area contributed by atoms with Crippen molar-refractivity contribution in [2.75, 3.05) is 17.6 Å². The van der Waals surface area contributed by atoms with E-state index in [1.165, 1.54) is 9.21 Å². The van der Waals surface area contributed by atoms with Crippen LogP contribution in [-0.2, 0) is 21.4 Å². The minimum Gasteiger partial charge on any atom is -0.340 e. The Hall–Kier alpha value is -2.05. The quantitative estimate of drug-likeness (QED) is 0.731. The zero-order chi connectivity index (χ0) is 20.4. The van der Waals surface area contributed by atoms with Crippen LogP contribution in [0, 0.1) is 13.8 Å². The number of hydrogen-bond donors (Lipinski definition) is 0. The summed E-state index contributed by atoms with van der Waals surface area (Å²) in [7, 11) is -1.97. The SMILES string of the molecule is Cc1ccc(N([C@@H](C)C(=O)N(C)Cc2ccc(Cl)cc2)S(C)(=O)=O)cc1C. The van der Waals surface area contributed by atoms with Gasteiger partial charge in [0.1, 0.15) is 6.04 Å². The molecule has 0 aliphatic rings. The summed E-state index contributed by atoms with van der Waals surface area (Å²) in [5.41, 5.74) is 3.43. The maximum atomic E-state index is 12.9. The van der Waals surface area contributed by atoms with Crippen molar-refractivity contribution in [3.63, 3.8) is 0 Å². The molecule has 0 heterocycles. The standard InChI is InChI=1S/C20H25ClN2O3S/c1-14-6-11-19(12-15(14)2)23(27(5,25)26)16(3)20(24)22(4)13-17-7-9-18(21)10-8-17/h6-12,16H,13H2,1-5H3/t16-/m0/s1. The first-order chi connectivity index (χ1) is 12.5. The second kappa shape index (κ2) is 8.31. The average molecular weight is 409 g/mol. The molecule has 7 heteroatoms. The largest absolute Gasteiger partial charge is 0.340 e. The van der Waals surface area contributed by atoms with Gasteiger partial charge in [0.15, 0.2) is 0 Å². The molecule has 0 aliphatic carbocycles. The van der Waals surface area contributed by atoms with Gasteiger partial charge in [-0.2, -0.15) is 0 Å². The first-order valence-corrected chi connectivity index (χ1v) is 10.8. The zero-order valence-electron chi connectivity index (χ0n) is 16.2. The molecule has 27 heavy (non-hydrogen) atoms. The minimum atomic E-state index is -3.64. The van der Waals surface area contributed by atoms with Gasteiger partial charge in [-0.05, 0) is 61.7 Å². The molecule has 0 fully saturated rings. The lowest BCUT2D eigenvalue weighted by molar-refractivity contribution is -0.131. The summed E-state index contributed by atoms with van der Waals surface area (Å²) >= 11 is 5.89. The first kappa shape index (κ1) is 21.3. The van der Waals surface area contributed by atoms with Gasteiger partial charge in [0, 0.05) is 18.6 Å². The predicted octanol–water partition coefficient (Wildman–Crippen LogP) is 3.77. The lowest BCUT2D eigenvalue weighted by Gasteiger charge is -2.31. The lowest BCUT2D eigenvalue weighted by Crippen LogP contribution is -2.48. The maximum Gasteiger partial charge on any atom is 0.246 e. The number of likely N-dealkylation sites (N-methyl/N-ethyl adjacent to an activating group) is 1. The van der Waals surface area contributed by atoms with Crippen LogP contribution < -0.4 is 4.31 Å². The van der Waals surface area contributed by atoms with Crippen molar-refractivity contribution in [2.45, 2.75) is 33.4 Å². The van der Waals surface area contributed by atoms with Crippen LogP contribution in [0.1, 0.15) is 23.6 Å². The summed E-state index contributed by atoms with van der Waals surface area (Å²) in [6.45, 7) is 5.85. The van der Waals surface area contributed by atoms with Crippen LogP contribution in [0.3, 0.4) is 0 Å². The number of halogens is 1. The highest BCUT2D eigenvalue weighted by molar-refractivity contribution is 7.92. The van der Waals surface area contributed by atoms with Gasteiger partial charge in [-0.1, -0.05) is 29.8 Å². The van der Waals surface area contributed by atoms with Crippen LogP contribution in [0.25, 0.3) is 0 Å². The van der Waals surface area contributed by atoms with Gasteiger partial charge >= 0.3 is 0 Å². The molecule has 2 aromatic carbocycles. The van der Waals surface area contributed by atoms with E-state index in [0.29, 0.717) is 17.3 Å². The van der Waals surface area contributed by atoms with Gasteiger partial charge in [0.2, 0.25) is 15.9 Å². The third-order valence-corrected chi connectivity index (χ3v) is 6.01. The highest BCUT2D eigenvalue weighted by atomic mass is 35.5. The molecule has 0 aliphatic heterocycles. The number of aryl methyl sites for hydroxylation is 2. The van der Waals surface area contributed by atoms with E-state index in [2.05, 4.69) is 0 Å². The summed E-state index contributed by atoms with van der Waals surface area (Å²) in [5, 5.41) is 0.624. The second-order valence-electron chi connectivity index (χ2n) is 6.82. The highest BCUT2D eigenvalue weighted by Crippen LogP contribution is 2.24. The number of anilines is 1. The Morgan fingerprint density at radius 1 is 1.07 bits per heavy atom. The molecule has 0 saturated carbocycles. The van der Waals surface area contributed by atoms with E-state index in [1.807, 2.05) is 32.0 Å². The molecule has 0 saturated heterocycles. The number of carbonyl (C=O) groups is 1. The Kier molecular flexibility index (Phi) is 6.54. The molecule has 1 amide bonds. The normalized spacial score (nSPS) is 12.5. The van der Waals surface area contributed by atoms with Crippen molar-refractivity contribution < 1.29 is 13.2 Å². The van der Waals surface area contributed by atoms with Crippen molar-refractivity contribution in [2.24, 2.45) is 0 Å². The molecular formula is C20H25ClN2O3S. The molecule has 0 spiro atoms. The van der Waals surface area contributed by atoms with Crippen LogP contribution in [0.5, 0.6) is 0 Å². The molecular weight excluding hydrogens is 384 g/mol. The number of rotatable bonds is 6. The molecule has 1 atom stereocenters. The third kappa shape index (κ3) is 5.23. The number of amides is 1. The number of hydrogen-bond acceptors (Lipinski definition) is 3. The zero-order valence-corrected chi connectivity index (χ0v) is 17.8. The predicted molar refractivity (Wildman–Crippen MR) is 111 cm³/mol. The molecule has 0 bridgehead atoms. The van der Waals surface area contributed by atoms with Gasteiger partial charge in [-0.15, -0.1) is 0 Å². The molecule has 0 radical (unpaired) electrons. The van der Waals surface area contributed by atoms with E-state index in [1.54, 1.807) is 38.2 Å². The summed E-state index contributed by atoms with van der Waals surface area (Å²) in [4.78, 5) is 14.4. The molecule has 0 unspecified atom stereocenters. The van der Waals surface area contributed by atoms with Crippen molar-refractivity contribution >= 4 is 33.2 Å². The van der Waals surface area contributed by atoms with Gasteiger partial charge in [0.25, 0.3) is 0 Å². The van der Waals surface area contributed by atoms with Crippen molar-refractivity contribution in [3.8, 4) is 0 Å². The summed E-state index contributed by atoms with van der Waals surface area (Å²) in [6.07, 6.45) is 1.12. The topological polar surface area (TPSA) is 57.7 Å². The number of benzene rings is 2. The Labute approximate surface area is 166 Å². The van der Waals surface area contributed by atoms with E-state index in [-0.39, 0.29) is 5.91 Å². The van der Waals surface area contributed by atoms with E-state index in [9.17, 15) is 13.2 Å². The summed E-state index contributed by atoms with van der Waals surface area (Å²) in [5.74, 6) is -0.284. The Morgan fingerprint density at radius 2 is 1.67 bits per heavy atom. The summed E-state index contributed by atoms with van der Waals surface area (Å²) < 4.78 is 26.0. The van der Waals surface area contributed by atoms with Gasteiger partial charge in [-0.3, -0.25) is 9.10 Å². The smallest absolute Gasteiger partial charge is 0.246 e. The fraction of sp³-hybridized carbons (Fsp3) is 0.350. The molecule has 0 aromatic heterocycles. The van der Waals surface area contributed by atoms with Gasteiger partial charge < -0.3 is 4.90 Å². The van der Waals surface area contributed by atoms with Crippen LogP contribution in [0.15, 0.2) is 42.5 Å². The molecule has 0 N–H and O–H groups in total. The monoisotopic (exact) mass is 408 g/mol. The molecule has 2 aromatic rings. The van der Waals surface area contributed by atoms with E-state index < -0.39 is 16.1 Å². The minimum absolute atomic E-state index is 0.284. The second-order valence-corrected chi connectivity index (χ2v) is 9.12. The van der Waals surface area contributed by atoms with Crippen LogP contribution in [0.4, 0.5) is 5.69 Å². The molecule has 146 valence electrons. The van der Waals surface area contributed by atoms with Gasteiger partial charge in [0.05, 0.1) is 11.9 Å². The number of nitrogens with zero attached hydrogens (tertiary/aromatic N) is 2. The number of sulfonamides is 1. The van der Waals surface area contributed by atoms with E-state index in [4.69, 9.17) is 11.6 Å². The van der Waals surface area contributed by atoms with Crippen LogP contribution in [-0.4, -0.2) is 38.6 Å². The Morgan fingerprint density at radius 3 is 2.19 bits per heavy atom. The van der Waals surface area contributed by atoms with Crippen molar-refractivity contribution in [1.29, 1.82) is 0 Å². The highest BCUT2D eigenvalue weighted by Gasteiger charge is 2.31. The average Bonchev–Trinajstić information content (AvgIpc) is 2.58. The summed E-state index contributed by atoms with van der Waals surface area (Å²) in [6, 6.07) is 11.7. The van der Waals surface area contributed by atoms with Crippen LogP contribution >= 0.6 is 11.6 Å². The van der Waals surface area contributed by atoms with Gasteiger partial charge in [-0.25, -0.2) is 8.42 Å². The van der Waals surface area contributed by atoms with Crippen molar-refractivity contribution in [3.05, 3.63) is 64.2 Å². The van der Waals surface area contributed by atoms with Crippen molar-refractivity contribution in [1.82, 2.24) is 4.90 Å². The maximum absolute atomic E-state index is 12.9. The van der Waals surface area contributed by atoms with E-state index in [0.717, 1.165) is 22.9 Å². The van der Waals surface area contributed by atoms with Crippen LogP contribution in [0.2, 0.25) is 5.02 Å². The third-order valence-electron chi connectivity index (χ3n) is 4.52. The lowest BCUT2D eigenvalue weighted by atomic mass is 10.1. The Balaban J connectivity index is 2.28. The Bertz CT molecular complexity index is 927. The molecule has 2 rings (SSSR count). The first-order valence-electron chi connectivity index (χ1n) is 8.57. The number of carbonyl (C=O) groups excluding carboxylic acids is 1. The fourth-order valence-electron chi connectivity index (χ4n) is 2.93. The van der Waals surface area contributed by atoms with E-state index >= 15 is 0 Å². The fourth-order valence-corrected chi connectivity index (χ4v) is 4.21. The molecule has 5 nitrogen and oxygen atoms in total.